The molecule has 26 heavy (non-hydrogen) atoms. The molecule has 2 unspecified atom stereocenters. The first-order valence-corrected chi connectivity index (χ1v) is 10.2. The van der Waals surface area contributed by atoms with Crippen LogP contribution in [0.15, 0.2) is 36.4 Å². The van der Waals surface area contributed by atoms with Crippen molar-refractivity contribution in [3.63, 3.8) is 0 Å². The maximum atomic E-state index is 9.74. The summed E-state index contributed by atoms with van der Waals surface area (Å²) in [6.07, 6.45) is 2.14. The topological polar surface area (TPSA) is 38.7 Å². The third kappa shape index (κ3) is 4.85. The lowest BCUT2D eigenvalue weighted by molar-refractivity contribution is 0.0495. The Morgan fingerprint density at radius 3 is 2.54 bits per heavy atom. The smallest absolute Gasteiger partial charge is 0.188 e. The first-order chi connectivity index (χ1) is 12.4. The Kier molecular flexibility index (Phi) is 7.64. The summed E-state index contributed by atoms with van der Waals surface area (Å²) in [5.41, 5.74) is 4.63. The normalized spacial score (nSPS) is 13.9. The minimum absolute atomic E-state index is 0.0557. The highest BCUT2D eigenvalue weighted by atomic mass is 31.1. The van der Waals surface area contributed by atoms with E-state index in [1.165, 1.54) is 16.4 Å². The standard InChI is InChI=1S/C22H31O3P/c1-6-11-22(4,26-20-10-8-7-9-18(20)14-23)19-13-16(2)12-17(3)21(19)25-15-24-5/h7-10,12-13,23,26H,6,11,14-15H2,1-5H3. The minimum atomic E-state index is -0.0557. The number of aliphatic hydroxyl groups excluding tert-OH is 1. The molecule has 2 aromatic rings. The molecule has 0 spiro atoms. The number of rotatable bonds is 9. The highest BCUT2D eigenvalue weighted by molar-refractivity contribution is 7.48. The SMILES string of the molecule is CCCC(C)(Pc1ccccc1CO)c1cc(C)cc(C)c1OCOC. The molecule has 142 valence electrons. The van der Waals surface area contributed by atoms with E-state index in [4.69, 9.17) is 9.47 Å². The molecule has 4 heteroatoms. The molecule has 0 amide bonds. The van der Waals surface area contributed by atoms with Crippen LogP contribution >= 0.6 is 8.58 Å². The summed E-state index contributed by atoms with van der Waals surface area (Å²) >= 11 is 0. The van der Waals surface area contributed by atoms with Crippen molar-refractivity contribution in [1.82, 2.24) is 0 Å². The Labute approximate surface area is 159 Å². The molecule has 3 nitrogen and oxygen atoms in total. The van der Waals surface area contributed by atoms with Gasteiger partial charge in [-0.2, -0.15) is 0 Å². The van der Waals surface area contributed by atoms with Gasteiger partial charge in [0, 0.05) is 17.8 Å². The molecule has 0 bridgehead atoms. The molecule has 0 saturated heterocycles. The van der Waals surface area contributed by atoms with Crippen molar-refractivity contribution in [3.8, 4) is 5.75 Å². The summed E-state index contributed by atoms with van der Waals surface area (Å²) in [7, 11) is 2.20. The number of hydrogen-bond acceptors (Lipinski definition) is 3. The maximum absolute atomic E-state index is 9.74. The van der Waals surface area contributed by atoms with Crippen molar-refractivity contribution in [2.75, 3.05) is 13.9 Å². The van der Waals surface area contributed by atoms with Crippen LogP contribution in [-0.4, -0.2) is 19.0 Å². The second-order valence-corrected chi connectivity index (χ2v) is 8.92. The third-order valence-electron chi connectivity index (χ3n) is 4.68. The highest BCUT2D eigenvalue weighted by Gasteiger charge is 2.31. The number of aliphatic hydroxyl groups is 1. The van der Waals surface area contributed by atoms with Crippen LogP contribution in [0.1, 0.15) is 48.9 Å². The molecular weight excluding hydrogens is 343 g/mol. The van der Waals surface area contributed by atoms with Crippen molar-refractivity contribution in [3.05, 3.63) is 58.7 Å². The number of aryl methyl sites for hydroxylation is 2. The van der Waals surface area contributed by atoms with Gasteiger partial charge in [0.25, 0.3) is 0 Å². The van der Waals surface area contributed by atoms with Crippen molar-refractivity contribution in [1.29, 1.82) is 0 Å². The quantitative estimate of drug-likeness (QED) is 0.506. The van der Waals surface area contributed by atoms with Gasteiger partial charge in [-0.3, -0.25) is 0 Å². The van der Waals surface area contributed by atoms with Gasteiger partial charge in [0.2, 0.25) is 0 Å². The highest BCUT2D eigenvalue weighted by Crippen LogP contribution is 2.49. The van der Waals surface area contributed by atoms with Gasteiger partial charge in [-0.15, -0.1) is 0 Å². The average Bonchev–Trinajstić information content (AvgIpc) is 2.61. The Morgan fingerprint density at radius 2 is 1.88 bits per heavy atom. The predicted molar refractivity (Wildman–Crippen MR) is 111 cm³/mol. The molecule has 0 fully saturated rings. The predicted octanol–water partition coefficient (Wildman–Crippen LogP) is 4.80. The van der Waals surface area contributed by atoms with E-state index in [2.05, 4.69) is 52.0 Å². The van der Waals surface area contributed by atoms with Crippen molar-refractivity contribution < 1.29 is 14.6 Å². The van der Waals surface area contributed by atoms with E-state index >= 15 is 0 Å². The third-order valence-corrected chi connectivity index (χ3v) is 6.51. The van der Waals surface area contributed by atoms with Gasteiger partial charge in [-0.25, -0.2) is 0 Å². The van der Waals surface area contributed by atoms with Crippen LogP contribution in [0, 0.1) is 13.8 Å². The summed E-state index contributed by atoms with van der Waals surface area (Å²) in [5, 5.41) is 10.9. The molecule has 0 aliphatic carbocycles. The van der Waals surface area contributed by atoms with E-state index < -0.39 is 0 Å². The number of methoxy groups -OCH3 is 1. The van der Waals surface area contributed by atoms with Gasteiger partial charge in [0.15, 0.2) is 6.79 Å². The zero-order valence-corrected chi connectivity index (χ0v) is 17.6. The molecule has 0 aliphatic rings. The Hall–Kier alpha value is -1.41. The van der Waals surface area contributed by atoms with Gasteiger partial charge in [-0.05, 0) is 36.7 Å². The fourth-order valence-electron chi connectivity index (χ4n) is 3.52. The molecule has 0 radical (unpaired) electrons. The van der Waals surface area contributed by atoms with Crippen molar-refractivity contribution in [2.24, 2.45) is 0 Å². The summed E-state index contributed by atoms with van der Waals surface area (Å²) in [6, 6.07) is 12.6. The van der Waals surface area contributed by atoms with E-state index in [9.17, 15) is 5.11 Å². The maximum Gasteiger partial charge on any atom is 0.188 e. The van der Waals surface area contributed by atoms with E-state index in [0.29, 0.717) is 8.58 Å². The first kappa shape index (κ1) is 20.9. The largest absolute Gasteiger partial charge is 0.467 e. The van der Waals surface area contributed by atoms with Crippen LogP contribution in [0.4, 0.5) is 0 Å². The second-order valence-electron chi connectivity index (χ2n) is 7.03. The summed E-state index contributed by atoms with van der Waals surface area (Å²) in [5.74, 6) is 0.933. The monoisotopic (exact) mass is 374 g/mol. The van der Waals surface area contributed by atoms with Crippen LogP contribution in [0.3, 0.4) is 0 Å². The summed E-state index contributed by atoms with van der Waals surface area (Å²) in [6.45, 7) is 9.09. The van der Waals surface area contributed by atoms with Crippen molar-refractivity contribution >= 4 is 13.9 Å². The van der Waals surface area contributed by atoms with Gasteiger partial charge < -0.3 is 14.6 Å². The molecule has 0 saturated carbocycles. The summed E-state index contributed by atoms with van der Waals surface area (Å²) < 4.78 is 11.2. The Morgan fingerprint density at radius 1 is 1.15 bits per heavy atom. The Balaban J connectivity index is 2.54. The van der Waals surface area contributed by atoms with E-state index in [1.54, 1.807) is 7.11 Å². The number of ether oxygens (including phenoxy) is 2. The van der Waals surface area contributed by atoms with E-state index in [0.717, 1.165) is 29.7 Å². The summed E-state index contributed by atoms with van der Waals surface area (Å²) in [4.78, 5) is 0. The first-order valence-electron chi connectivity index (χ1n) is 9.15. The molecule has 2 atom stereocenters. The second kappa shape index (κ2) is 9.50. The van der Waals surface area contributed by atoms with Crippen molar-refractivity contribution in [2.45, 2.75) is 52.3 Å². The van der Waals surface area contributed by atoms with Gasteiger partial charge in [0.05, 0.1) is 6.61 Å². The molecule has 0 aliphatic heterocycles. The lowest BCUT2D eigenvalue weighted by Crippen LogP contribution is -2.22. The van der Waals surface area contributed by atoms with Crippen LogP contribution in [0.2, 0.25) is 0 Å². The van der Waals surface area contributed by atoms with E-state index in [-0.39, 0.29) is 18.6 Å². The fraction of sp³-hybridized carbons (Fsp3) is 0.455. The lowest BCUT2D eigenvalue weighted by Gasteiger charge is -2.33. The molecule has 0 aromatic heterocycles. The van der Waals surface area contributed by atoms with Crippen LogP contribution < -0.4 is 10.0 Å². The van der Waals surface area contributed by atoms with E-state index in [1.807, 2.05) is 12.1 Å². The Bertz CT molecular complexity index is 729. The van der Waals surface area contributed by atoms with Gasteiger partial charge in [-0.1, -0.05) is 70.8 Å². The zero-order valence-electron chi connectivity index (χ0n) is 16.6. The van der Waals surface area contributed by atoms with Gasteiger partial charge in [0.1, 0.15) is 5.75 Å². The minimum Gasteiger partial charge on any atom is -0.467 e. The fourth-order valence-corrected chi connectivity index (χ4v) is 5.31. The molecule has 2 aromatic carbocycles. The molecular formula is C22H31O3P. The van der Waals surface area contributed by atoms with Crippen LogP contribution in [0.5, 0.6) is 5.75 Å². The average molecular weight is 374 g/mol. The molecule has 1 N–H and O–H groups in total. The molecule has 2 rings (SSSR count). The van der Waals surface area contributed by atoms with Gasteiger partial charge >= 0.3 is 0 Å². The number of benzene rings is 2. The van der Waals surface area contributed by atoms with Crippen LogP contribution in [-0.2, 0) is 16.5 Å². The number of hydrogen-bond donors (Lipinski definition) is 1. The van der Waals surface area contributed by atoms with Crippen LogP contribution in [0.25, 0.3) is 0 Å². The lowest BCUT2D eigenvalue weighted by atomic mass is 9.91. The molecule has 0 heterocycles. The zero-order chi connectivity index (χ0) is 19.2.